The highest BCUT2D eigenvalue weighted by molar-refractivity contribution is 7.99. The fraction of sp³-hybridized carbons (Fsp3) is 0.769. The average Bonchev–Trinajstić information content (AvgIpc) is 2.91. The highest BCUT2D eigenvalue weighted by Crippen LogP contribution is 2.21. The van der Waals surface area contributed by atoms with Crippen LogP contribution in [0.3, 0.4) is 0 Å². The molecule has 0 radical (unpaired) electrons. The van der Waals surface area contributed by atoms with Crippen LogP contribution in [0.1, 0.15) is 31.5 Å². The molecule has 1 atom stereocenters. The molecule has 1 aromatic heterocycles. The zero-order valence-electron chi connectivity index (χ0n) is 12.3. The predicted octanol–water partition coefficient (Wildman–Crippen LogP) is 0.400. The molecule has 0 spiro atoms. The number of fused-ring (bicyclic) bond motifs is 1. The van der Waals surface area contributed by atoms with E-state index in [1.165, 1.54) is 18.2 Å². The van der Waals surface area contributed by atoms with Crippen LogP contribution in [0.15, 0.2) is 5.16 Å². The molecule has 3 heterocycles. The Morgan fingerprint density at radius 2 is 2.18 bits per heavy atom. The van der Waals surface area contributed by atoms with Crippen molar-refractivity contribution in [2.45, 2.75) is 49.8 Å². The summed E-state index contributed by atoms with van der Waals surface area (Å²) in [5.41, 5.74) is 0. The molecule has 1 unspecified atom stereocenters. The number of rotatable bonds is 4. The molecule has 0 bridgehead atoms. The Balaban J connectivity index is 1.52. The van der Waals surface area contributed by atoms with Gasteiger partial charge in [-0.1, -0.05) is 18.2 Å². The maximum Gasteiger partial charge on any atom is 0.230 e. The van der Waals surface area contributed by atoms with E-state index in [0.29, 0.717) is 6.42 Å². The van der Waals surface area contributed by atoms with Crippen LogP contribution in [0.4, 0.5) is 0 Å². The van der Waals surface area contributed by atoms with Gasteiger partial charge in [-0.05, 0) is 19.3 Å². The first-order chi connectivity index (χ1) is 10.5. The zero-order valence-corrected chi connectivity index (χ0v) is 14.0. The topological polar surface area (TPSA) is 93.9 Å². The van der Waals surface area contributed by atoms with Gasteiger partial charge in [0.25, 0.3) is 0 Å². The number of thioether (sulfide) groups is 1. The van der Waals surface area contributed by atoms with Crippen LogP contribution in [-0.2, 0) is 27.6 Å². The Labute approximate surface area is 134 Å². The Bertz CT molecular complexity index is 656. The number of carbonyl (C=O) groups is 1. The van der Waals surface area contributed by atoms with Crippen LogP contribution in [0, 0.1) is 0 Å². The summed E-state index contributed by atoms with van der Waals surface area (Å²) in [7, 11) is -2.96. The minimum atomic E-state index is -2.96. The maximum atomic E-state index is 12.0. The van der Waals surface area contributed by atoms with E-state index in [2.05, 4.69) is 20.1 Å². The van der Waals surface area contributed by atoms with Crippen LogP contribution in [-0.4, -0.2) is 52.4 Å². The van der Waals surface area contributed by atoms with Gasteiger partial charge in [-0.3, -0.25) is 4.79 Å². The molecule has 0 aromatic carbocycles. The van der Waals surface area contributed by atoms with Gasteiger partial charge < -0.3 is 9.88 Å². The van der Waals surface area contributed by atoms with E-state index in [4.69, 9.17) is 0 Å². The van der Waals surface area contributed by atoms with Crippen molar-refractivity contribution >= 4 is 27.5 Å². The standard InChI is InChI=1S/C13H20N4O3S2/c18-12(14-10-5-7-22(19,20)9-10)8-21-13-16-15-11-4-2-1-3-6-17(11)13/h10H,1-9H2,(H,14,18). The highest BCUT2D eigenvalue weighted by atomic mass is 32.2. The van der Waals surface area contributed by atoms with Gasteiger partial charge in [-0.2, -0.15) is 0 Å². The van der Waals surface area contributed by atoms with Crippen molar-refractivity contribution in [2.24, 2.45) is 0 Å². The first-order valence-electron chi connectivity index (χ1n) is 7.58. The number of nitrogens with zero attached hydrogens (tertiary/aromatic N) is 3. The second-order valence-corrected chi connectivity index (χ2v) is 8.99. The number of aryl methyl sites for hydroxylation is 1. The Kier molecular flexibility index (Phi) is 4.72. The van der Waals surface area contributed by atoms with Crippen LogP contribution < -0.4 is 5.32 Å². The minimum Gasteiger partial charge on any atom is -0.352 e. The van der Waals surface area contributed by atoms with E-state index in [0.717, 1.165) is 36.8 Å². The average molecular weight is 344 g/mol. The molecular formula is C13H20N4O3S2. The summed E-state index contributed by atoms with van der Waals surface area (Å²) in [5.74, 6) is 1.33. The highest BCUT2D eigenvalue weighted by Gasteiger charge is 2.29. The maximum absolute atomic E-state index is 12.0. The van der Waals surface area contributed by atoms with Crippen molar-refractivity contribution in [3.05, 3.63) is 5.82 Å². The van der Waals surface area contributed by atoms with Crippen molar-refractivity contribution < 1.29 is 13.2 Å². The summed E-state index contributed by atoms with van der Waals surface area (Å²) >= 11 is 1.37. The molecule has 1 amide bonds. The van der Waals surface area contributed by atoms with Gasteiger partial charge >= 0.3 is 0 Å². The van der Waals surface area contributed by atoms with E-state index in [1.807, 2.05) is 0 Å². The number of nitrogens with one attached hydrogen (secondary N) is 1. The third-order valence-corrected chi connectivity index (χ3v) is 6.74. The van der Waals surface area contributed by atoms with Gasteiger partial charge in [-0.15, -0.1) is 10.2 Å². The molecule has 0 aliphatic carbocycles. The third kappa shape index (κ3) is 3.81. The van der Waals surface area contributed by atoms with E-state index in [-0.39, 0.29) is 29.2 Å². The summed E-state index contributed by atoms with van der Waals surface area (Å²) in [6, 6.07) is -0.242. The third-order valence-electron chi connectivity index (χ3n) is 4.01. The summed E-state index contributed by atoms with van der Waals surface area (Å²) in [6.45, 7) is 0.910. The lowest BCUT2D eigenvalue weighted by molar-refractivity contribution is -0.119. The molecular weight excluding hydrogens is 324 g/mol. The normalized spacial score (nSPS) is 23.7. The zero-order chi connectivity index (χ0) is 15.6. The summed E-state index contributed by atoms with van der Waals surface area (Å²) in [4.78, 5) is 12.0. The fourth-order valence-electron chi connectivity index (χ4n) is 2.87. The quantitative estimate of drug-likeness (QED) is 0.795. The van der Waals surface area contributed by atoms with E-state index in [9.17, 15) is 13.2 Å². The summed E-state index contributed by atoms with van der Waals surface area (Å²) < 4.78 is 24.9. The van der Waals surface area contributed by atoms with Crippen molar-refractivity contribution in [3.8, 4) is 0 Å². The molecule has 1 saturated heterocycles. The second kappa shape index (κ2) is 6.57. The summed E-state index contributed by atoms with van der Waals surface area (Å²) in [5, 5.41) is 11.9. The summed E-state index contributed by atoms with van der Waals surface area (Å²) in [6.07, 6.45) is 4.91. The van der Waals surface area contributed by atoms with Gasteiger partial charge in [0.15, 0.2) is 15.0 Å². The van der Waals surface area contributed by atoms with E-state index >= 15 is 0 Å². The van der Waals surface area contributed by atoms with Crippen LogP contribution in [0.2, 0.25) is 0 Å². The van der Waals surface area contributed by atoms with Gasteiger partial charge in [0, 0.05) is 19.0 Å². The van der Waals surface area contributed by atoms with Gasteiger partial charge in [0.1, 0.15) is 5.82 Å². The van der Waals surface area contributed by atoms with Gasteiger partial charge in [0.05, 0.1) is 17.3 Å². The predicted molar refractivity (Wildman–Crippen MR) is 83.5 cm³/mol. The molecule has 7 nitrogen and oxygen atoms in total. The molecule has 1 N–H and O–H groups in total. The fourth-order valence-corrected chi connectivity index (χ4v) is 5.34. The van der Waals surface area contributed by atoms with E-state index < -0.39 is 9.84 Å². The van der Waals surface area contributed by atoms with Crippen molar-refractivity contribution in [1.29, 1.82) is 0 Å². The molecule has 2 aliphatic rings. The molecule has 3 rings (SSSR count). The molecule has 122 valence electrons. The van der Waals surface area contributed by atoms with Gasteiger partial charge in [-0.25, -0.2) is 8.42 Å². The Morgan fingerprint density at radius 3 is 2.95 bits per heavy atom. The lowest BCUT2D eigenvalue weighted by atomic mass is 10.2. The lowest BCUT2D eigenvalue weighted by Gasteiger charge is -2.10. The lowest BCUT2D eigenvalue weighted by Crippen LogP contribution is -2.36. The minimum absolute atomic E-state index is 0.0593. The molecule has 2 aliphatic heterocycles. The number of amides is 1. The Morgan fingerprint density at radius 1 is 1.32 bits per heavy atom. The molecule has 1 aromatic rings. The molecule has 1 fully saturated rings. The number of hydrogen-bond donors (Lipinski definition) is 1. The number of carbonyl (C=O) groups excluding carboxylic acids is 1. The first kappa shape index (κ1) is 15.8. The van der Waals surface area contributed by atoms with Gasteiger partial charge in [0.2, 0.25) is 5.91 Å². The van der Waals surface area contributed by atoms with Crippen LogP contribution in [0.25, 0.3) is 0 Å². The molecule has 0 saturated carbocycles. The first-order valence-corrected chi connectivity index (χ1v) is 10.4. The monoisotopic (exact) mass is 344 g/mol. The van der Waals surface area contributed by atoms with Crippen LogP contribution in [0.5, 0.6) is 0 Å². The second-order valence-electron chi connectivity index (χ2n) is 5.82. The largest absolute Gasteiger partial charge is 0.352 e. The number of sulfone groups is 1. The Hall–Kier alpha value is -1.09. The van der Waals surface area contributed by atoms with E-state index in [1.54, 1.807) is 0 Å². The SMILES string of the molecule is O=C(CSc1nnc2n1CCCCC2)NC1CCS(=O)(=O)C1. The molecule has 22 heavy (non-hydrogen) atoms. The van der Waals surface area contributed by atoms with Crippen molar-refractivity contribution in [2.75, 3.05) is 17.3 Å². The van der Waals surface area contributed by atoms with Crippen molar-refractivity contribution in [3.63, 3.8) is 0 Å². The van der Waals surface area contributed by atoms with Crippen molar-refractivity contribution in [1.82, 2.24) is 20.1 Å². The number of aromatic nitrogens is 3. The molecule has 9 heteroatoms. The number of hydrogen-bond acceptors (Lipinski definition) is 6. The smallest absolute Gasteiger partial charge is 0.230 e. The van der Waals surface area contributed by atoms with Crippen LogP contribution >= 0.6 is 11.8 Å².